The minimum atomic E-state index is -0.919. The van der Waals surface area contributed by atoms with Gasteiger partial charge in [0.25, 0.3) is 0 Å². The zero-order valence-corrected chi connectivity index (χ0v) is 16.7. The predicted octanol–water partition coefficient (Wildman–Crippen LogP) is 5.58. The van der Waals surface area contributed by atoms with Gasteiger partial charge >= 0.3 is 5.97 Å². The van der Waals surface area contributed by atoms with E-state index >= 15 is 0 Å². The van der Waals surface area contributed by atoms with Crippen LogP contribution in [0.25, 0.3) is 21.8 Å². The topological polar surface area (TPSA) is 75.2 Å². The van der Waals surface area contributed by atoms with Crippen LogP contribution in [0, 0.1) is 0 Å². The van der Waals surface area contributed by atoms with E-state index in [1.54, 1.807) is 12.1 Å². The van der Waals surface area contributed by atoms with Crippen LogP contribution < -0.4 is 4.74 Å². The molecule has 0 amide bonds. The first-order valence-electron chi connectivity index (χ1n) is 10.1. The van der Waals surface area contributed by atoms with Crippen LogP contribution >= 0.6 is 0 Å². The molecular weight excluding hydrogens is 388 g/mol. The molecule has 0 aliphatic rings. The third kappa shape index (κ3) is 3.85. The quantitative estimate of drug-likeness (QED) is 0.384. The van der Waals surface area contributed by atoms with Crippen LogP contribution in [0.3, 0.4) is 0 Å². The molecule has 5 heteroatoms. The lowest BCUT2D eigenvalue weighted by Crippen LogP contribution is -1.99. The normalized spacial score (nSPS) is 11.1. The standard InChI is InChI=1S/C26H20N2O3/c29-26(30)22-5-3-7-24-25(22)19(15-27-24)14-17-8-12-21(13-9-17)31-16-20-11-10-18-4-1-2-6-23(18)28-20/h1-13,15,27H,14,16H2,(H,29,30). The highest BCUT2D eigenvalue weighted by Crippen LogP contribution is 2.26. The minimum absolute atomic E-state index is 0.316. The fourth-order valence-corrected chi connectivity index (χ4v) is 3.84. The van der Waals surface area contributed by atoms with Crippen LogP contribution in [-0.2, 0) is 13.0 Å². The number of carboxylic acid groups (broad SMARTS) is 1. The van der Waals surface area contributed by atoms with E-state index in [9.17, 15) is 9.90 Å². The highest BCUT2D eigenvalue weighted by atomic mass is 16.5. The van der Waals surface area contributed by atoms with E-state index in [-0.39, 0.29) is 0 Å². The van der Waals surface area contributed by atoms with Gasteiger partial charge in [0.1, 0.15) is 12.4 Å². The lowest BCUT2D eigenvalue weighted by molar-refractivity contribution is 0.0699. The third-order valence-corrected chi connectivity index (χ3v) is 5.38. The first kappa shape index (κ1) is 18.9. The number of benzene rings is 3. The molecule has 0 atom stereocenters. The van der Waals surface area contributed by atoms with Gasteiger partial charge in [0, 0.05) is 22.5 Å². The molecule has 0 bridgehead atoms. The molecule has 0 saturated heterocycles. The molecule has 0 aliphatic heterocycles. The highest BCUT2D eigenvalue weighted by molar-refractivity contribution is 6.04. The monoisotopic (exact) mass is 408 g/mol. The molecular formula is C26H20N2O3. The number of H-pyrrole nitrogens is 1. The van der Waals surface area contributed by atoms with E-state index in [4.69, 9.17) is 4.74 Å². The Balaban J connectivity index is 1.30. The Morgan fingerprint density at radius 1 is 0.935 bits per heavy atom. The molecule has 31 heavy (non-hydrogen) atoms. The van der Waals surface area contributed by atoms with Gasteiger partial charge in [-0.2, -0.15) is 0 Å². The van der Waals surface area contributed by atoms with Gasteiger partial charge in [0.2, 0.25) is 0 Å². The summed E-state index contributed by atoms with van der Waals surface area (Å²) in [4.78, 5) is 19.4. The second-order valence-electron chi connectivity index (χ2n) is 7.45. The van der Waals surface area contributed by atoms with Gasteiger partial charge in [-0.3, -0.25) is 0 Å². The van der Waals surface area contributed by atoms with Gasteiger partial charge in [-0.25, -0.2) is 9.78 Å². The fourth-order valence-electron chi connectivity index (χ4n) is 3.84. The molecule has 5 aromatic rings. The van der Waals surface area contributed by atoms with Crippen molar-refractivity contribution in [2.45, 2.75) is 13.0 Å². The van der Waals surface area contributed by atoms with Gasteiger partial charge in [0.15, 0.2) is 0 Å². The van der Waals surface area contributed by atoms with Crippen molar-refractivity contribution in [3.63, 3.8) is 0 Å². The second-order valence-corrected chi connectivity index (χ2v) is 7.45. The molecule has 2 heterocycles. The Morgan fingerprint density at radius 2 is 1.77 bits per heavy atom. The number of pyridine rings is 1. The van der Waals surface area contributed by atoms with E-state index in [0.717, 1.165) is 44.4 Å². The summed E-state index contributed by atoms with van der Waals surface area (Å²) in [6, 6.07) is 25.2. The maximum atomic E-state index is 11.6. The van der Waals surface area contributed by atoms with Crippen molar-refractivity contribution < 1.29 is 14.6 Å². The summed E-state index contributed by atoms with van der Waals surface area (Å²) in [5.41, 5.74) is 5.02. The summed E-state index contributed by atoms with van der Waals surface area (Å²) in [6.07, 6.45) is 2.52. The molecule has 2 aromatic heterocycles. The largest absolute Gasteiger partial charge is 0.487 e. The Bertz CT molecular complexity index is 1390. The molecule has 0 radical (unpaired) electrons. The van der Waals surface area contributed by atoms with Crippen molar-refractivity contribution in [1.29, 1.82) is 0 Å². The van der Waals surface area contributed by atoms with Gasteiger partial charge < -0.3 is 14.8 Å². The van der Waals surface area contributed by atoms with Crippen molar-refractivity contribution in [1.82, 2.24) is 9.97 Å². The van der Waals surface area contributed by atoms with Gasteiger partial charge in [0.05, 0.1) is 16.8 Å². The van der Waals surface area contributed by atoms with Gasteiger partial charge in [-0.15, -0.1) is 0 Å². The maximum Gasteiger partial charge on any atom is 0.336 e. The van der Waals surface area contributed by atoms with Crippen LogP contribution in [0.5, 0.6) is 5.75 Å². The SMILES string of the molecule is O=C(O)c1cccc2[nH]cc(Cc3ccc(OCc4ccc5ccccc5n4)cc3)c12. The molecule has 152 valence electrons. The first-order chi connectivity index (χ1) is 15.2. The lowest BCUT2D eigenvalue weighted by atomic mass is 10.0. The lowest BCUT2D eigenvalue weighted by Gasteiger charge is -2.08. The summed E-state index contributed by atoms with van der Waals surface area (Å²) in [6.45, 7) is 0.397. The van der Waals surface area contributed by atoms with Crippen molar-refractivity contribution in [3.05, 3.63) is 107 Å². The molecule has 3 aromatic carbocycles. The number of carboxylic acids is 1. The van der Waals surface area contributed by atoms with Crippen LogP contribution in [0.15, 0.2) is 85.1 Å². The molecule has 0 saturated carbocycles. The van der Waals surface area contributed by atoms with Crippen LogP contribution in [0.2, 0.25) is 0 Å². The Morgan fingerprint density at radius 3 is 2.61 bits per heavy atom. The van der Waals surface area contributed by atoms with Crippen molar-refractivity contribution in [2.24, 2.45) is 0 Å². The van der Waals surface area contributed by atoms with Crippen LogP contribution in [-0.4, -0.2) is 21.0 Å². The zero-order chi connectivity index (χ0) is 21.2. The molecule has 5 rings (SSSR count). The molecule has 2 N–H and O–H groups in total. The van der Waals surface area contributed by atoms with E-state index < -0.39 is 5.97 Å². The minimum Gasteiger partial charge on any atom is -0.487 e. The smallest absolute Gasteiger partial charge is 0.336 e. The van der Waals surface area contributed by atoms with Crippen molar-refractivity contribution in [3.8, 4) is 5.75 Å². The highest BCUT2D eigenvalue weighted by Gasteiger charge is 2.13. The summed E-state index contributed by atoms with van der Waals surface area (Å²) < 4.78 is 5.91. The summed E-state index contributed by atoms with van der Waals surface area (Å²) >= 11 is 0. The van der Waals surface area contributed by atoms with E-state index in [1.807, 2.05) is 66.9 Å². The zero-order valence-electron chi connectivity index (χ0n) is 16.7. The molecule has 0 fully saturated rings. The second kappa shape index (κ2) is 7.95. The van der Waals surface area contributed by atoms with Crippen LogP contribution in [0.4, 0.5) is 0 Å². The van der Waals surface area contributed by atoms with Crippen molar-refractivity contribution in [2.75, 3.05) is 0 Å². The Hall–Kier alpha value is -4.12. The molecule has 0 unspecified atom stereocenters. The summed E-state index contributed by atoms with van der Waals surface area (Å²) in [7, 11) is 0. The molecule has 5 nitrogen and oxygen atoms in total. The molecule has 0 aliphatic carbocycles. The Labute approximate surface area is 179 Å². The number of aromatic nitrogens is 2. The van der Waals surface area contributed by atoms with Gasteiger partial charge in [-0.1, -0.05) is 42.5 Å². The number of ether oxygens (including phenoxy) is 1. The van der Waals surface area contributed by atoms with E-state index in [1.165, 1.54) is 0 Å². The number of nitrogens with one attached hydrogen (secondary N) is 1. The number of nitrogens with zero attached hydrogens (tertiary/aromatic N) is 1. The molecule has 0 spiro atoms. The number of hydrogen-bond donors (Lipinski definition) is 2. The van der Waals surface area contributed by atoms with Crippen molar-refractivity contribution >= 4 is 27.8 Å². The van der Waals surface area contributed by atoms with Crippen LogP contribution in [0.1, 0.15) is 27.2 Å². The number of rotatable bonds is 6. The average molecular weight is 408 g/mol. The van der Waals surface area contributed by atoms with E-state index in [2.05, 4.69) is 16.0 Å². The maximum absolute atomic E-state index is 11.6. The third-order valence-electron chi connectivity index (χ3n) is 5.38. The average Bonchev–Trinajstić information content (AvgIpc) is 3.21. The summed E-state index contributed by atoms with van der Waals surface area (Å²) in [5, 5.41) is 11.4. The summed E-state index contributed by atoms with van der Waals surface area (Å²) in [5.74, 6) is -0.152. The number of para-hydroxylation sites is 1. The number of aromatic carboxylic acids is 1. The number of carbonyl (C=O) groups is 1. The predicted molar refractivity (Wildman–Crippen MR) is 121 cm³/mol. The fraction of sp³-hybridized carbons (Fsp3) is 0.0769. The Kier molecular flexibility index (Phi) is 4.84. The number of aromatic amines is 1. The number of hydrogen-bond acceptors (Lipinski definition) is 3. The van der Waals surface area contributed by atoms with Gasteiger partial charge in [-0.05, 0) is 53.9 Å². The number of fused-ring (bicyclic) bond motifs is 2. The van der Waals surface area contributed by atoms with E-state index in [0.29, 0.717) is 18.6 Å². The first-order valence-corrected chi connectivity index (χ1v) is 10.1.